The van der Waals surface area contributed by atoms with Crippen LogP contribution in [-0.2, 0) is 0 Å². The monoisotopic (exact) mass is 300 g/mol. The smallest absolute Gasteiger partial charge is 0.0406 e. The first-order chi connectivity index (χ1) is 10.3. The minimum absolute atomic E-state index is 0.491. The second-order valence-electron chi connectivity index (χ2n) is 5.72. The third kappa shape index (κ3) is 5.21. The van der Waals surface area contributed by atoms with Crippen molar-refractivity contribution in [2.24, 2.45) is 0 Å². The van der Waals surface area contributed by atoms with Gasteiger partial charge in [-0.3, -0.25) is 0 Å². The summed E-state index contributed by atoms with van der Waals surface area (Å²) in [7, 11) is 0. The molecule has 0 fully saturated rings. The molecule has 112 valence electrons. The Labute approximate surface area is 134 Å². The quantitative estimate of drug-likeness (QED) is 0.468. The van der Waals surface area contributed by atoms with Crippen LogP contribution in [0.15, 0.2) is 54.6 Å². The van der Waals surface area contributed by atoms with Crippen molar-refractivity contribution < 1.29 is 0 Å². The van der Waals surface area contributed by atoms with E-state index >= 15 is 0 Å². The Morgan fingerprint density at radius 3 is 2.05 bits per heavy atom. The van der Waals surface area contributed by atoms with Gasteiger partial charge in [-0.15, -0.1) is 0 Å². The molecular formula is C20H25Cl. The largest absolute Gasteiger partial charge is 0.0843 e. The molecule has 1 atom stereocenters. The molecule has 0 bridgehead atoms. The van der Waals surface area contributed by atoms with Gasteiger partial charge in [0.25, 0.3) is 0 Å². The fourth-order valence-corrected chi connectivity index (χ4v) is 2.98. The average molecular weight is 301 g/mol. The number of hydrogen-bond donors (Lipinski definition) is 0. The van der Waals surface area contributed by atoms with E-state index in [0.29, 0.717) is 5.92 Å². The summed E-state index contributed by atoms with van der Waals surface area (Å²) in [5.74, 6) is 0.491. The summed E-state index contributed by atoms with van der Waals surface area (Å²) in [6, 6.07) is 19.2. The van der Waals surface area contributed by atoms with E-state index in [1.807, 2.05) is 12.1 Å². The second-order valence-corrected chi connectivity index (χ2v) is 6.15. The van der Waals surface area contributed by atoms with Gasteiger partial charge in [-0.1, -0.05) is 93.1 Å². The molecule has 0 aliphatic rings. The van der Waals surface area contributed by atoms with Crippen LogP contribution in [0.2, 0.25) is 5.02 Å². The molecular weight excluding hydrogens is 276 g/mol. The Hall–Kier alpha value is -1.27. The van der Waals surface area contributed by atoms with Crippen molar-refractivity contribution in [1.29, 1.82) is 0 Å². The van der Waals surface area contributed by atoms with Crippen LogP contribution in [0.25, 0.3) is 0 Å². The van der Waals surface area contributed by atoms with Crippen molar-refractivity contribution in [2.75, 3.05) is 0 Å². The minimum atomic E-state index is 0.491. The highest BCUT2D eigenvalue weighted by Crippen LogP contribution is 2.30. The maximum atomic E-state index is 6.02. The van der Waals surface area contributed by atoms with E-state index in [9.17, 15) is 0 Å². The normalized spacial score (nSPS) is 12.3. The Morgan fingerprint density at radius 2 is 1.38 bits per heavy atom. The highest BCUT2D eigenvalue weighted by atomic mass is 35.5. The molecule has 0 spiro atoms. The predicted octanol–water partition coefficient (Wildman–Crippen LogP) is 6.83. The van der Waals surface area contributed by atoms with Gasteiger partial charge in [-0.2, -0.15) is 0 Å². The topological polar surface area (TPSA) is 0 Å². The molecule has 1 heteroatoms. The zero-order valence-electron chi connectivity index (χ0n) is 12.9. The summed E-state index contributed by atoms with van der Waals surface area (Å²) in [5, 5.41) is 0.813. The Bertz CT molecular complexity index is 501. The van der Waals surface area contributed by atoms with E-state index in [-0.39, 0.29) is 0 Å². The third-order valence-electron chi connectivity index (χ3n) is 4.07. The maximum absolute atomic E-state index is 6.02. The lowest BCUT2D eigenvalue weighted by Gasteiger charge is -2.18. The number of hydrogen-bond acceptors (Lipinski definition) is 0. The first-order valence-corrected chi connectivity index (χ1v) is 8.49. The van der Waals surface area contributed by atoms with Gasteiger partial charge in [0.15, 0.2) is 0 Å². The molecule has 1 unspecified atom stereocenters. The van der Waals surface area contributed by atoms with Crippen molar-refractivity contribution >= 4 is 11.6 Å². The van der Waals surface area contributed by atoms with Crippen LogP contribution in [0, 0.1) is 0 Å². The lowest BCUT2D eigenvalue weighted by molar-refractivity contribution is 0.580. The van der Waals surface area contributed by atoms with Crippen LogP contribution in [0.4, 0.5) is 0 Å². The molecule has 0 amide bonds. The standard InChI is InChI=1S/C20H25Cl/c1-2-3-4-5-9-12-20(17-10-7-6-8-11-17)18-13-15-19(21)16-14-18/h6-8,10-11,13-16,20H,2-5,9,12H2,1H3. The number of halogens is 1. The van der Waals surface area contributed by atoms with Crippen LogP contribution in [0.1, 0.15) is 62.5 Å². The second kappa shape index (κ2) is 8.89. The number of rotatable bonds is 8. The van der Waals surface area contributed by atoms with Crippen LogP contribution >= 0.6 is 11.6 Å². The molecule has 0 saturated heterocycles. The van der Waals surface area contributed by atoms with Crippen molar-refractivity contribution in [1.82, 2.24) is 0 Å². The van der Waals surface area contributed by atoms with Gasteiger partial charge >= 0.3 is 0 Å². The fraction of sp³-hybridized carbons (Fsp3) is 0.400. The predicted molar refractivity (Wildman–Crippen MR) is 93.1 cm³/mol. The molecule has 21 heavy (non-hydrogen) atoms. The van der Waals surface area contributed by atoms with Crippen molar-refractivity contribution in [3.05, 3.63) is 70.7 Å². The van der Waals surface area contributed by atoms with E-state index in [0.717, 1.165) is 5.02 Å². The lowest BCUT2D eigenvalue weighted by atomic mass is 9.87. The molecule has 0 aliphatic carbocycles. The molecule has 0 radical (unpaired) electrons. The van der Waals surface area contributed by atoms with E-state index in [4.69, 9.17) is 11.6 Å². The van der Waals surface area contributed by atoms with E-state index in [2.05, 4.69) is 49.4 Å². The van der Waals surface area contributed by atoms with Gasteiger partial charge in [0.1, 0.15) is 0 Å². The highest BCUT2D eigenvalue weighted by molar-refractivity contribution is 6.30. The third-order valence-corrected chi connectivity index (χ3v) is 4.32. The van der Waals surface area contributed by atoms with Crippen molar-refractivity contribution in [3.8, 4) is 0 Å². The lowest BCUT2D eigenvalue weighted by Crippen LogP contribution is -2.01. The van der Waals surface area contributed by atoms with Gasteiger partial charge < -0.3 is 0 Å². The molecule has 0 aliphatic heterocycles. The van der Waals surface area contributed by atoms with Gasteiger partial charge in [-0.05, 0) is 29.7 Å². The summed E-state index contributed by atoms with van der Waals surface area (Å²) >= 11 is 6.02. The number of unbranched alkanes of at least 4 members (excludes halogenated alkanes) is 4. The zero-order chi connectivity index (χ0) is 14.9. The first kappa shape index (κ1) is 16.1. The van der Waals surface area contributed by atoms with Crippen LogP contribution in [0.3, 0.4) is 0 Å². The molecule has 0 N–H and O–H groups in total. The molecule has 2 aromatic carbocycles. The van der Waals surface area contributed by atoms with Crippen LogP contribution < -0.4 is 0 Å². The van der Waals surface area contributed by atoms with Crippen molar-refractivity contribution in [2.45, 2.75) is 51.4 Å². The van der Waals surface area contributed by atoms with Crippen LogP contribution in [0.5, 0.6) is 0 Å². The molecule has 0 saturated carbocycles. The number of benzene rings is 2. The maximum Gasteiger partial charge on any atom is 0.0406 e. The summed E-state index contributed by atoms with van der Waals surface area (Å²) in [6.07, 6.45) is 7.87. The van der Waals surface area contributed by atoms with E-state index in [1.165, 1.54) is 49.7 Å². The highest BCUT2D eigenvalue weighted by Gasteiger charge is 2.13. The summed E-state index contributed by atoms with van der Waals surface area (Å²) in [6.45, 7) is 2.26. The average Bonchev–Trinajstić information content (AvgIpc) is 2.53. The van der Waals surface area contributed by atoms with Gasteiger partial charge in [0.2, 0.25) is 0 Å². The first-order valence-electron chi connectivity index (χ1n) is 8.11. The Morgan fingerprint density at radius 1 is 0.762 bits per heavy atom. The van der Waals surface area contributed by atoms with Gasteiger partial charge in [0.05, 0.1) is 0 Å². The van der Waals surface area contributed by atoms with Crippen LogP contribution in [-0.4, -0.2) is 0 Å². The summed E-state index contributed by atoms with van der Waals surface area (Å²) in [4.78, 5) is 0. The molecule has 0 nitrogen and oxygen atoms in total. The Kier molecular flexibility index (Phi) is 6.82. The van der Waals surface area contributed by atoms with Gasteiger partial charge in [-0.25, -0.2) is 0 Å². The van der Waals surface area contributed by atoms with Gasteiger partial charge in [0, 0.05) is 10.9 Å². The molecule has 2 aromatic rings. The molecule has 2 rings (SSSR count). The fourth-order valence-electron chi connectivity index (χ4n) is 2.86. The summed E-state index contributed by atoms with van der Waals surface area (Å²) < 4.78 is 0. The van der Waals surface area contributed by atoms with Crippen molar-refractivity contribution in [3.63, 3.8) is 0 Å². The zero-order valence-corrected chi connectivity index (χ0v) is 13.7. The molecule has 0 aromatic heterocycles. The van der Waals surface area contributed by atoms with E-state index in [1.54, 1.807) is 0 Å². The summed E-state index contributed by atoms with van der Waals surface area (Å²) in [5.41, 5.74) is 2.79. The Balaban J connectivity index is 2.06. The van der Waals surface area contributed by atoms with E-state index < -0.39 is 0 Å². The minimum Gasteiger partial charge on any atom is -0.0843 e. The SMILES string of the molecule is CCCCCCCC(c1ccccc1)c1ccc(Cl)cc1. The molecule has 0 heterocycles.